The number of likely N-dealkylation sites (tertiary alicyclic amines) is 1. The molecule has 0 saturated carbocycles. The zero-order chi connectivity index (χ0) is 24.1. The van der Waals surface area contributed by atoms with Crippen LogP contribution in [0.25, 0.3) is 11.3 Å². The summed E-state index contributed by atoms with van der Waals surface area (Å²) in [6.07, 6.45) is 4.62. The van der Waals surface area contributed by atoms with Crippen molar-refractivity contribution in [3.8, 4) is 17.0 Å². The summed E-state index contributed by atoms with van der Waals surface area (Å²) in [5.41, 5.74) is 8.83. The lowest BCUT2D eigenvalue weighted by Crippen LogP contribution is -2.34. The van der Waals surface area contributed by atoms with Crippen molar-refractivity contribution in [2.45, 2.75) is 78.9 Å². The zero-order valence-corrected chi connectivity index (χ0v) is 21.6. The average Bonchev–Trinajstić information content (AvgIpc) is 2.85. The summed E-state index contributed by atoms with van der Waals surface area (Å²) >= 11 is 0. The van der Waals surface area contributed by atoms with Gasteiger partial charge in [0.05, 0.1) is 11.8 Å². The lowest BCUT2D eigenvalue weighted by atomic mass is 9.90. The Morgan fingerprint density at radius 1 is 1.00 bits per heavy atom. The molecule has 1 fully saturated rings. The first kappa shape index (κ1) is 24.5. The molecule has 2 heterocycles. The highest BCUT2D eigenvalue weighted by atomic mass is 16.5. The van der Waals surface area contributed by atoms with Gasteiger partial charge in [-0.25, -0.2) is 0 Å². The topological polar surface area (TPSA) is 25.4 Å². The number of ether oxygens (including phenoxy) is 1. The van der Waals surface area contributed by atoms with E-state index in [0.717, 1.165) is 49.6 Å². The van der Waals surface area contributed by atoms with Crippen molar-refractivity contribution in [3.05, 3.63) is 82.5 Å². The number of rotatable bonds is 8. The van der Waals surface area contributed by atoms with E-state index in [0.29, 0.717) is 5.92 Å². The van der Waals surface area contributed by atoms with Crippen LogP contribution in [0.5, 0.6) is 5.75 Å². The summed E-state index contributed by atoms with van der Waals surface area (Å²) < 4.78 is 6.42. The molecule has 1 aliphatic heterocycles. The number of hydrogen-bond acceptors (Lipinski definition) is 3. The monoisotopic (exact) mass is 456 g/mol. The summed E-state index contributed by atoms with van der Waals surface area (Å²) in [5.74, 6) is 1.59. The van der Waals surface area contributed by atoms with Crippen LogP contribution >= 0.6 is 0 Å². The van der Waals surface area contributed by atoms with Gasteiger partial charge in [-0.2, -0.15) is 0 Å². The fourth-order valence-corrected chi connectivity index (χ4v) is 5.34. The van der Waals surface area contributed by atoms with Crippen molar-refractivity contribution in [3.63, 3.8) is 0 Å². The number of piperidine rings is 1. The van der Waals surface area contributed by atoms with Gasteiger partial charge in [-0.1, -0.05) is 62.4 Å². The Morgan fingerprint density at radius 3 is 2.35 bits per heavy atom. The summed E-state index contributed by atoms with van der Waals surface area (Å²) in [7, 11) is 0. The Bertz CT molecular complexity index is 1070. The molecular formula is C31H40N2O. The van der Waals surface area contributed by atoms with Crippen LogP contribution < -0.4 is 4.74 Å². The fraction of sp³-hybridized carbons (Fsp3) is 0.452. The summed E-state index contributed by atoms with van der Waals surface area (Å²) in [4.78, 5) is 7.76. The molecule has 34 heavy (non-hydrogen) atoms. The second-order valence-electron chi connectivity index (χ2n) is 9.88. The molecular weight excluding hydrogens is 416 g/mol. The van der Waals surface area contributed by atoms with Crippen LogP contribution in [0.3, 0.4) is 0 Å². The van der Waals surface area contributed by atoms with Crippen molar-refractivity contribution in [2.24, 2.45) is 0 Å². The molecule has 3 nitrogen and oxygen atoms in total. The number of aryl methyl sites for hydroxylation is 3. The van der Waals surface area contributed by atoms with Crippen molar-refractivity contribution >= 4 is 0 Å². The van der Waals surface area contributed by atoms with Gasteiger partial charge in [0.1, 0.15) is 5.75 Å². The fourth-order valence-electron chi connectivity index (χ4n) is 5.34. The molecule has 0 amide bonds. The molecule has 0 bridgehead atoms. The van der Waals surface area contributed by atoms with Crippen molar-refractivity contribution in [2.75, 3.05) is 13.1 Å². The first-order chi connectivity index (χ1) is 16.5. The van der Waals surface area contributed by atoms with Crippen molar-refractivity contribution < 1.29 is 4.74 Å². The maximum atomic E-state index is 6.42. The highest BCUT2D eigenvalue weighted by Crippen LogP contribution is 2.35. The standard InChI is InChI=1S/C31H40N2O/c1-6-24-15-11-16-25(7-2)31(24)29-19-30(34-22(3)4)28(23(5)32-29)21-33-18-12-17-27(20-33)26-13-9-8-10-14-26/h8-11,13-16,19,22,27H,6-7,12,17-18,20-21H2,1-5H3. The maximum Gasteiger partial charge on any atom is 0.128 e. The maximum absolute atomic E-state index is 6.42. The molecule has 4 rings (SSSR count). The van der Waals surface area contributed by atoms with Gasteiger partial charge < -0.3 is 4.74 Å². The van der Waals surface area contributed by atoms with Crippen LogP contribution in [0.1, 0.15) is 74.4 Å². The van der Waals surface area contributed by atoms with Gasteiger partial charge in [-0.3, -0.25) is 9.88 Å². The van der Waals surface area contributed by atoms with E-state index < -0.39 is 0 Å². The molecule has 0 aliphatic carbocycles. The number of hydrogen-bond donors (Lipinski definition) is 0. The number of nitrogens with zero attached hydrogens (tertiary/aromatic N) is 2. The summed E-state index contributed by atoms with van der Waals surface area (Å²) in [6.45, 7) is 13.9. The van der Waals surface area contributed by atoms with Crippen molar-refractivity contribution in [1.82, 2.24) is 9.88 Å². The third kappa shape index (κ3) is 5.52. The van der Waals surface area contributed by atoms with E-state index in [1.807, 2.05) is 0 Å². The average molecular weight is 457 g/mol. The third-order valence-corrected chi connectivity index (χ3v) is 7.07. The molecule has 180 valence electrons. The Hall–Kier alpha value is -2.65. The minimum absolute atomic E-state index is 0.124. The Kier molecular flexibility index (Phi) is 8.05. The van der Waals surface area contributed by atoms with Gasteiger partial charge in [-0.15, -0.1) is 0 Å². The summed E-state index contributed by atoms with van der Waals surface area (Å²) in [6, 6.07) is 19.8. The van der Waals surface area contributed by atoms with Gasteiger partial charge in [0, 0.05) is 36.0 Å². The molecule has 1 unspecified atom stereocenters. The number of aromatic nitrogens is 1. The van der Waals surface area contributed by atoms with E-state index in [2.05, 4.69) is 94.1 Å². The third-order valence-electron chi connectivity index (χ3n) is 7.07. The van der Waals surface area contributed by atoms with E-state index in [-0.39, 0.29) is 6.10 Å². The van der Waals surface area contributed by atoms with Gasteiger partial charge in [0.15, 0.2) is 0 Å². The van der Waals surface area contributed by atoms with E-state index in [4.69, 9.17) is 9.72 Å². The molecule has 1 saturated heterocycles. The van der Waals surface area contributed by atoms with Crippen LogP contribution in [-0.2, 0) is 19.4 Å². The van der Waals surface area contributed by atoms with E-state index in [9.17, 15) is 0 Å². The molecule has 0 N–H and O–H groups in total. The SMILES string of the molecule is CCc1cccc(CC)c1-c1cc(OC(C)C)c(CN2CCCC(c3ccccc3)C2)c(C)n1. The zero-order valence-electron chi connectivity index (χ0n) is 21.6. The first-order valence-corrected chi connectivity index (χ1v) is 13.1. The Balaban J connectivity index is 1.67. The second kappa shape index (κ2) is 11.2. The van der Waals surface area contributed by atoms with Gasteiger partial charge in [0.25, 0.3) is 0 Å². The number of benzene rings is 2. The van der Waals surface area contributed by atoms with Crippen LogP contribution in [0, 0.1) is 6.92 Å². The van der Waals surface area contributed by atoms with Gasteiger partial charge >= 0.3 is 0 Å². The largest absolute Gasteiger partial charge is 0.491 e. The predicted molar refractivity (Wildman–Crippen MR) is 143 cm³/mol. The number of pyridine rings is 1. The molecule has 0 spiro atoms. The quantitative estimate of drug-likeness (QED) is 0.354. The van der Waals surface area contributed by atoms with Crippen LogP contribution in [-0.4, -0.2) is 29.1 Å². The van der Waals surface area contributed by atoms with E-state index >= 15 is 0 Å². The van der Waals surface area contributed by atoms with Crippen LogP contribution in [0.4, 0.5) is 0 Å². The molecule has 2 aromatic carbocycles. The summed E-state index contributed by atoms with van der Waals surface area (Å²) in [5, 5.41) is 0. The normalized spacial score (nSPS) is 16.7. The Morgan fingerprint density at radius 2 is 1.71 bits per heavy atom. The first-order valence-electron chi connectivity index (χ1n) is 13.1. The predicted octanol–water partition coefficient (Wildman–Crippen LogP) is 7.35. The minimum atomic E-state index is 0.124. The molecule has 3 aromatic rings. The van der Waals surface area contributed by atoms with Gasteiger partial charge in [-0.05, 0) is 75.6 Å². The van der Waals surface area contributed by atoms with E-state index in [1.165, 1.54) is 40.7 Å². The lowest BCUT2D eigenvalue weighted by molar-refractivity contribution is 0.191. The highest BCUT2D eigenvalue weighted by molar-refractivity contribution is 5.70. The minimum Gasteiger partial charge on any atom is -0.491 e. The molecule has 1 aromatic heterocycles. The Labute approximate surface area is 206 Å². The smallest absolute Gasteiger partial charge is 0.128 e. The molecule has 1 aliphatic rings. The van der Waals surface area contributed by atoms with Crippen LogP contribution in [0.2, 0.25) is 0 Å². The van der Waals surface area contributed by atoms with Gasteiger partial charge in [0.2, 0.25) is 0 Å². The molecule has 0 radical (unpaired) electrons. The van der Waals surface area contributed by atoms with Crippen molar-refractivity contribution in [1.29, 1.82) is 0 Å². The molecule has 1 atom stereocenters. The van der Waals surface area contributed by atoms with E-state index in [1.54, 1.807) is 0 Å². The molecule has 3 heteroatoms. The lowest BCUT2D eigenvalue weighted by Gasteiger charge is -2.34. The highest BCUT2D eigenvalue weighted by Gasteiger charge is 2.24. The second-order valence-corrected chi connectivity index (χ2v) is 9.88. The van der Waals surface area contributed by atoms with Crippen LogP contribution in [0.15, 0.2) is 54.6 Å².